The number of H-pyrrole nitrogens is 1. The number of hydrogen-bond donors (Lipinski definition) is 1. The number of fused-ring (bicyclic) bond motifs is 1. The minimum absolute atomic E-state index is 0.152. The maximum Gasteiger partial charge on any atom is 0.419 e. The van der Waals surface area contributed by atoms with Crippen molar-refractivity contribution in [2.45, 2.75) is 37.0 Å². The Morgan fingerprint density at radius 3 is 2.65 bits per heavy atom. The molecule has 9 nitrogen and oxygen atoms in total. The number of amides is 1. The Balaban J connectivity index is 1.12. The number of piperazine rings is 1. The van der Waals surface area contributed by atoms with Crippen LogP contribution in [0.25, 0.3) is 22.3 Å². The van der Waals surface area contributed by atoms with Gasteiger partial charge in [0.15, 0.2) is 0 Å². The van der Waals surface area contributed by atoms with Gasteiger partial charge in [-0.05, 0) is 31.0 Å². The van der Waals surface area contributed by atoms with E-state index in [-0.39, 0.29) is 25.6 Å². The summed E-state index contributed by atoms with van der Waals surface area (Å²) in [6.45, 7) is 1.53. The number of nitrogens with one attached hydrogen (secondary N) is 1. The third-order valence-corrected chi connectivity index (χ3v) is 7.99. The topological polar surface area (TPSA) is 107 Å². The molecule has 1 aromatic carbocycles. The Morgan fingerprint density at radius 2 is 1.93 bits per heavy atom. The van der Waals surface area contributed by atoms with Crippen LogP contribution >= 0.6 is 0 Å². The third-order valence-electron chi connectivity index (χ3n) is 7.99. The van der Waals surface area contributed by atoms with E-state index in [4.69, 9.17) is 0 Å². The van der Waals surface area contributed by atoms with Crippen LogP contribution in [0.2, 0.25) is 0 Å². The van der Waals surface area contributed by atoms with Crippen LogP contribution in [0.5, 0.6) is 0 Å². The lowest BCUT2D eigenvalue weighted by Crippen LogP contribution is -2.60. The van der Waals surface area contributed by atoms with Crippen molar-refractivity contribution in [3.63, 3.8) is 0 Å². The molecule has 206 valence electrons. The fourth-order valence-electron chi connectivity index (χ4n) is 5.82. The molecule has 0 radical (unpaired) electrons. The van der Waals surface area contributed by atoms with Gasteiger partial charge < -0.3 is 9.88 Å². The highest BCUT2D eigenvalue weighted by atomic mass is 19.4. The summed E-state index contributed by atoms with van der Waals surface area (Å²) in [7, 11) is 0. The van der Waals surface area contributed by atoms with E-state index < -0.39 is 34.6 Å². The summed E-state index contributed by atoms with van der Waals surface area (Å²) in [5.41, 5.74) is -0.202. The van der Waals surface area contributed by atoms with E-state index >= 15 is 0 Å². The smallest absolute Gasteiger partial charge is 0.346 e. The number of aromatic nitrogens is 5. The summed E-state index contributed by atoms with van der Waals surface area (Å²) in [5.74, 6) is -2.29. The minimum atomic E-state index is -4.88. The second kappa shape index (κ2) is 9.71. The lowest BCUT2D eigenvalue weighted by Gasteiger charge is -2.52. The van der Waals surface area contributed by atoms with Crippen molar-refractivity contribution >= 4 is 16.9 Å². The van der Waals surface area contributed by atoms with E-state index in [1.807, 2.05) is 16.9 Å². The monoisotopic (exact) mass is 552 g/mol. The molecule has 0 atom stereocenters. The maximum absolute atomic E-state index is 14.5. The number of carbonyl (C=O) groups is 1. The number of halogens is 4. The lowest BCUT2D eigenvalue weighted by atomic mass is 9.70. The first-order chi connectivity index (χ1) is 19.2. The Kier molecular flexibility index (Phi) is 6.29. The van der Waals surface area contributed by atoms with E-state index in [1.54, 1.807) is 12.4 Å². The molecule has 4 heterocycles. The summed E-state index contributed by atoms with van der Waals surface area (Å²) >= 11 is 0. The predicted octanol–water partition coefficient (Wildman–Crippen LogP) is 4.21. The van der Waals surface area contributed by atoms with Gasteiger partial charge in [0.1, 0.15) is 17.8 Å². The van der Waals surface area contributed by atoms with Crippen LogP contribution in [0.15, 0.2) is 49.2 Å². The highest BCUT2D eigenvalue weighted by molar-refractivity contribution is 5.95. The normalized spacial score (nSPS) is 21.8. The Labute approximate surface area is 226 Å². The SMILES string of the molecule is N#CCC1(n2cc(-c3ncnc4[nH]ccc34)cn2)CC(N2CCN(C(=O)c3cccc(C(F)(F)F)c3F)CC2)C1. The summed E-state index contributed by atoms with van der Waals surface area (Å²) in [6, 6.07) is 7.10. The van der Waals surface area contributed by atoms with Gasteiger partial charge in [-0.3, -0.25) is 14.4 Å². The van der Waals surface area contributed by atoms with Gasteiger partial charge in [-0.1, -0.05) is 6.07 Å². The minimum Gasteiger partial charge on any atom is -0.346 e. The number of aromatic amines is 1. The van der Waals surface area contributed by atoms with Gasteiger partial charge in [-0.2, -0.15) is 23.5 Å². The van der Waals surface area contributed by atoms with Crippen LogP contribution < -0.4 is 0 Å². The molecule has 2 aliphatic rings. The van der Waals surface area contributed by atoms with E-state index in [1.165, 1.54) is 11.2 Å². The van der Waals surface area contributed by atoms with Crippen LogP contribution in [0.1, 0.15) is 35.2 Å². The summed E-state index contributed by atoms with van der Waals surface area (Å²) in [6.07, 6.45) is 3.69. The highest BCUT2D eigenvalue weighted by Gasteiger charge is 2.49. The molecule has 0 bridgehead atoms. The predicted molar refractivity (Wildman–Crippen MR) is 135 cm³/mol. The molecule has 1 aliphatic heterocycles. The fourth-order valence-corrected chi connectivity index (χ4v) is 5.82. The van der Waals surface area contributed by atoms with Crippen LogP contribution in [0.4, 0.5) is 17.6 Å². The molecule has 1 saturated carbocycles. The molecular weight excluding hydrogens is 528 g/mol. The first-order valence-corrected chi connectivity index (χ1v) is 12.8. The molecule has 1 amide bonds. The molecule has 0 unspecified atom stereocenters. The molecule has 1 N–H and O–H groups in total. The first-order valence-electron chi connectivity index (χ1n) is 12.8. The maximum atomic E-state index is 14.5. The van der Waals surface area contributed by atoms with Gasteiger partial charge in [-0.15, -0.1) is 0 Å². The van der Waals surface area contributed by atoms with Gasteiger partial charge in [0.05, 0.1) is 41.0 Å². The second-order valence-corrected chi connectivity index (χ2v) is 10.3. The number of alkyl halides is 3. The number of nitriles is 1. The molecule has 40 heavy (non-hydrogen) atoms. The average Bonchev–Trinajstić information content (AvgIpc) is 3.60. The van der Waals surface area contributed by atoms with E-state index in [9.17, 15) is 27.6 Å². The lowest BCUT2D eigenvalue weighted by molar-refractivity contribution is -0.140. The van der Waals surface area contributed by atoms with Crippen molar-refractivity contribution in [3.05, 3.63) is 66.1 Å². The van der Waals surface area contributed by atoms with Gasteiger partial charge in [-0.25, -0.2) is 14.4 Å². The molecular formula is C27H24F4N8O. The first kappa shape index (κ1) is 25.9. The summed E-state index contributed by atoms with van der Waals surface area (Å²) in [4.78, 5) is 28.2. The molecule has 1 saturated heterocycles. The number of nitrogens with zero attached hydrogens (tertiary/aromatic N) is 7. The Morgan fingerprint density at radius 1 is 1.15 bits per heavy atom. The van der Waals surface area contributed by atoms with Gasteiger partial charge in [0.2, 0.25) is 0 Å². The van der Waals surface area contributed by atoms with Crippen molar-refractivity contribution in [2.24, 2.45) is 0 Å². The Bertz CT molecular complexity index is 1610. The van der Waals surface area contributed by atoms with E-state index in [0.717, 1.165) is 34.4 Å². The van der Waals surface area contributed by atoms with E-state index in [0.29, 0.717) is 32.0 Å². The molecule has 4 aromatic rings. The van der Waals surface area contributed by atoms with Gasteiger partial charge in [0, 0.05) is 55.6 Å². The van der Waals surface area contributed by atoms with E-state index in [2.05, 4.69) is 31.0 Å². The summed E-state index contributed by atoms with van der Waals surface area (Å²) < 4.78 is 55.6. The zero-order valence-corrected chi connectivity index (χ0v) is 21.2. The van der Waals surface area contributed by atoms with Crippen LogP contribution in [0, 0.1) is 17.1 Å². The van der Waals surface area contributed by atoms with Crippen molar-refractivity contribution in [3.8, 4) is 17.3 Å². The number of benzene rings is 1. The zero-order chi connectivity index (χ0) is 28.1. The largest absolute Gasteiger partial charge is 0.419 e. The van der Waals surface area contributed by atoms with Crippen LogP contribution in [-0.4, -0.2) is 72.7 Å². The number of hydrogen-bond acceptors (Lipinski definition) is 6. The average molecular weight is 553 g/mol. The standard InChI is InChI=1S/C27H24F4N8O/c28-22-19(2-1-3-21(22)27(29,30)31)25(40)38-10-8-37(9-11-38)18-12-26(13-18,5-6-32)39-15-17(14-36-39)23-20-4-7-33-24(20)35-16-34-23/h1-4,7,14-16,18H,5,8-13H2,(H,33,34,35). The molecule has 13 heteroatoms. The molecule has 6 rings (SSSR count). The Hall–Kier alpha value is -4.31. The molecule has 2 fully saturated rings. The van der Waals surface area contributed by atoms with Crippen molar-refractivity contribution in [1.29, 1.82) is 5.26 Å². The highest BCUT2D eigenvalue weighted by Crippen LogP contribution is 2.45. The van der Waals surface area contributed by atoms with Gasteiger partial charge in [0.25, 0.3) is 5.91 Å². The van der Waals surface area contributed by atoms with Crippen molar-refractivity contribution in [2.75, 3.05) is 26.2 Å². The van der Waals surface area contributed by atoms with Crippen molar-refractivity contribution in [1.82, 2.24) is 34.5 Å². The van der Waals surface area contributed by atoms with Gasteiger partial charge >= 0.3 is 6.18 Å². The third kappa shape index (κ3) is 4.38. The zero-order valence-electron chi connectivity index (χ0n) is 21.2. The van der Waals surface area contributed by atoms with Crippen LogP contribution in [0.3, 0.4) is 0 Å². The fraction of sp³-hybridized carbons (Fsp3) is 0.370. The molecule has 3 aromatic heterocycles. The quantitative estimate of drug-likeness (QED) is 0.372. The molecule has 0 spiro atoms. The van der Waals surface area contributed by atoms with Crippen molar-refractivity contribution < 1.29 is 22.4 Å². The second-order valence-electron chi connectivity index (χ2n) is 10.3. The number of rotatable bonds is 5. The molecule has 1 aliphatic carbocycles. The summed E-state index contributed by atoms with van der Waals surface area (Å²) in [5, 5.41) is 15.0. The van der Waals surface area contributed by atoms with Crippen LogP contribution in [-0.2, 0) is 11.7 Å². The number of carbonyl (C=O) groups excluding carboxylic acids is 1.